The van der Waals surface area contributed by atoms with Gasteiger partial charge in [0.1, 0.15) is 19.3 Å². The first-order chi connectivity index (χ1) is 43.1. The van der Waals surface area contributed by atoms with Gasteiger partial charge in [0.2, 0.25) is 0 Å². The summed E-state index contributed by atoms with van der Waals surface area (Å²) >= 11 is 0. The highest BCUT2D eigenvalue weighted by molar-refractivity contribution is 7.47. The number of phosphoric ester groups is 2. The summed E-state index contributed by atoms with van der Waals surface area (Å²) in [6, 6.07) is 0. The van der Waals surface area contributed by atoms with Crippen LogP contribution < -0.4 is 0 Å². The molecule has 6 atom stereocenters. The van der Waals surface area contributed by atoms with E-state index in [1.54, 1.807) is 0 Å². The number of unbranched alkanes of at least 4 members (excludes halogenated alkanes) is 41. The second-order valence-corrected chi connectivity index (χ2v) is 28.4. The van der Waals surface area contributed by atoms with Crippen LogP contribution in [0.25, 0.3) is 0 Å². The Morgan fingerprint density at radius 1 is 0.315 bits per heavy atom. The van der Waals surface area contributed by atoms with Crippen LogP contribution in [0.4, 0.5) is 0 Å². The Hall–Kier alpha value is -1.94. The number of esters is 4. The van der Waals surface area contributed by atoms with Crippen LogP contribution >= 0.6 is 15.6 Å². The van der Waals surface area contributed by atoms with E-state index < -0.39 is 97.5 Å². The molecule has 528 valence electrons. The van der Waals surface area contributed by atoms with Gasteiger partial charge in [0.05, 0.1) is 26.4 Å². The van der Waals surface area contributed by atoms with Crippen molar-refractivity contribution in [3.63, 3.8) is 0 Å². The fourth-order valence-electron chi connectivity index (χ4n) is 10.6. The minimum absolute atomic E-state index is 0.107. The van der Waals surface area contributed by atoms with Crippen LogP contribution in [0.3, 0.4) is 0 Å². The Morgan fingerprint density at radius 2 is 0.539 bits per heavy atom. The second-order valence-electron chi connectivity index (χ2n) is 25.5. The van der Waals surface area contributed by atoms with Gasteiger partial charge in [-0.25, -0.2) is 9.13 Å². The molecular weight excluding hydrogens is 1170 g/mol. The first kappa shape index (κ1) is 87.1. The molecule has 0 fully saturated rings. The molecule has 0 aromatic rings. The van der Waals surface area contributed by atoms with Crippen LogP contribution in [-0.4, -0.2) is 96.7 Å². The van der Waals surface area contributed by atoms with E-state index in [1.807, 2.05) is 0 Å². The predicted octanol–water partition coefficient (Wildman–Crippen LogP) is 20.1. The molecule has 0 aliphatic carbocycles. The summed E-state index contributed by atoms with van der Waals surface area (Å²) < 4.78 is 68.2. The molecule has 0 saturated heterocycles. The molecule has 0 radical (unpaired) electrons. The van der Waals surface area contributed by atoms with E-state index in [0.717, 1.165) is 109 Å². The maximum absolute atomic E-state index is 13.0. The molecule has 17 nitrogen and oxygen atoms in total. The molecule has 0 heterocycles. The lowest BCUT2D eigenvalue weighted by Gasteiger charge is -2.21. The van der Waals surface area contributed by atoms with Gasteiger partial charge in [-0.1, -0.05) is 311 Å². The summed E-state index contributed by atoms with van der Waals surface area (Å²) in [5.41, 5.74) is 0. The van der Waals surface area contributed by atoms with Gasteiger partial charge in [0, 0.05) is 25.7 Å². The number of rotatable bonds is 70. The number of aliphatic hydroxyl groups excluding tert-OH is 1. The van der Waals surface area contributed by atoms with Crippen molar-refractivity contribution in [1.29, 1.82) is 0 Å². The smallest absolute Gasteiger partial charge is 0.462 e. The van der Waals surface area contributed by atoms with Crippen molar-refractivity contribution in [1.82, 2.24) is 0 Å². The third-order valence-corrected chi connectivity index (χ3v) is 18.5. The van der Waals surface area contributed by atoms with Crippen LogP contribution in [-0.2, 0) is 65.4 Å². The molecule has 3 unspecified atom stereocenters. The van der Waals surface area contributed by atoms with E-state index >= 15 is 0 Å². The van der Waals surface area contributed by atoms with Gasteiger partial charge in [-0.15, -0.1) is 0 Å². The monoisotopic (exact) mass is 1310 g/mol. The molecule has 0 amide bonds. The lowest BCUT2D eigenvalue weighted by molar-refractivity contribution is -0.161. The van der Waals surface area contributed by atoms with Crippen molar-refractivity contribution in [2.75, 3.05) is 39.6 Å². The van der Waals surface area contributed by atoms with E-state index in [9.17, 15) is 43.2 Å². The zero-order valence-electron chi connectivity index (χ0n) is 57.6. The molecule has 0 rings (SSSR count). The van der Waals surface area contributed by atoms with Crippen molar-refractivity contribution in [2.45, 2.75) is 380 Å². The number of aliphatic hydroxyl groups is 1. The summed E-state index contributed by atoms with van der Waals surface area (Å²) in [5, 5.41) is 10.6. The highest BCUT2D eigenvalue weighted by atomic mass is 31.2. The van der Waals surface area contributed by atoms with Crippen LogP contribution in [0.1, 0.15) is 362 Å². The number of phosphoric acid groups is 2. The van der Waals surface area contributed by atoms with Crippen molar-refractivity contribution in [3.05, 3.63) is 0 Å². The average molecular weight is 1310 g/mol. The Kier molecular flexibility index (Phi) is 62.1. The standard InChI is InChI=1S/C70H136O17P2/c1-6-10-13-16-19-21-23-24-25-26-27-28-30-36-41-46-51-56-70(75)87-66(60-81-68(73)54-49-44-39-34-32-31-33-38-42-47-52-63(5)9-4)62-85-89(78,79)83-58-64(71)57-82-88(76,77)84-61-65(59-80-67(72)53-48-43-37-18-15-12-8-3)86-69(74)55-50-45-40-35-29-22-20-17-14-11-7-2/h63-66,71H,6-62H2,1-5H3,(H,76,77)(H,78,79)/t63?,64-,65+,66+/m0/s1. The quantitative estimate of drug-likeness (QED) is 0.0222. The minimum Gasteiger partial charge on any atom is -0.462 e. The SMILES string of the molecule is CCCCCCCCCCCCCCCCCCCC(=O)O[C@H](COC(=O)CCCCCCCCCCCCC(C)CC)COP(=O)(O)OC[C@@H](O)COP(=O)(O)OC[C@@H](COC(=O)CCCCCCCCC)OC(=O)CCCCCCCCCCCCC. The van der Waals surface area contributed by atoms with Crippen LogP contribution in [0.5, 0.6) is 0 Å². The normalized spacial score (nSPS) is 14.4. The first-order valence-corrected chi connectivity index (χ1v) is 39.7. The molecule has 19 heteroatoms. The molecule has 0 bridgehead atoms. The maximum Gasteiger partial charge on any atom is 0.472 e. The maximum atomic E-state index is 13.0. The fourth-order valence-corrected chi connectivity index (χ4v) is 12.2. The number of carbonyl (C=O) groups excluding carboxylic acids is 4. The van der Waals surface area contributed by atoms with Crippen molar-refractivity contribution >= 4 is 39.5 Å². The third-order valence-electron chi connectivity index (χ3n) is 16.6. The molecule has 0 aliphatic heterocycles. The number of ether oxygens (including phenoxy) is 4. The van der Waals surface area contributed by atoms with Gasteiger partial charge in [-0.3, -0.25) is 37.3 Å². The van der Waals surface area contributed by atoms with Gasteiger partial charge >= 0.3 is 39.5 Å². The van der Waals surface area contributed by atoms with Crippen molar-refractivity contribution in [2.24, 2.45) is 5.92 Å². The summed E-state index contributed by atoms with van der Waals surface area (Å²) in [7, 11) is -9.89. The van der Waals surface area contributed by atoms with E-state index in [0.29, 0.717) is 25.7 Å². The predicted molar refractivity (Wildman–Crippen MR) is 358 cm³/mol. The number of hydrogen-bond acceptors (Lipinski definition) is 15. The molecule has 0 aromatic carbocycles. The summed E-state index contributed by atoms with van der Waals surface area (Å²) in [4.78, 5) is 72.4. The first-order valence-electron chi connectivity index (χ1n) is 36.7. The van der Waals surface area contributed by atoms with Crippen molar-refractivity contribution < 1.29 is 80.2 Å². The summed E-state index contributed by atoms with van der Waals surface area (Å²) in [6.45, 7) is 7.24. The highest BCUT2D eigenvalue weighted by Gasteiger charge is 2.30. The zero-order valence-corrected chi connectivity index (χ0v) is 59.4. The minimum atomic E-state index is -4.95. The summed E-state index contributed by atoms with van der Waals surface area (Å²) in [6.07, 6.45) is 49.9. The van der Waals surface area contributed by atoms with Crippen LogP contribution in [0.15, 0.2) is 0 Å². The Morgan fingerprint density at radius 3 is 0.798 bits per heavy atom. The molecule has 0 saturated carbocycles. The topological polar surface area (TPSA) is 237 Å². The van der Waals surface area contributed by atoms with E-state index in [-0.39, 0.29) is 25.7 Å². The van der Waals surface area contributed by atoms with Gasteiger partial charge in [-0.2, -0.15) is 0 Å². The molecule has 0 spiro atoms. The summed E-state index contributed by atoms with van der Waals surface area (Å²) in [5.74, 6) is -1.32. The second kappa shape index (κ2) is 63.5. The van der Waals surface area contributed by atoms with Crippen LogP contribution in [0, 0.1) is 5.92 Å². The molecule has 0 aliphatic rings. The average Bonchev–Trinajstić information content (AvgIpc) is 3.63. The van der Waals surface area contributed by atoms with Crippen LogP contribution in [0.2, 0.25) is 0 Å². The molecule has 89 heavy (non-hydrogen) atoms. The Balaban J connectivity index is 5.20. The van der Waals surface area contributed by atoms with Gasteiger partial charge < -0.3 is 33.8 Å². The Labute approximate surface area is 543 Å². The van der Waals surface area contributed by atoms with E-state index in [4.69, 9.17) is 37.0 Å². The lowest BCUT2D eigenvalue weighted by Crippen LogP contribution is -2.30. The number of carbonyl (C=O) groups is 4. The highest BCUT2D eigenvalue weighted by Crippen LogP contribution is 2.45. The molecule has 0 aromatic heterocycles. The third kappa shape index (κ3) is 63.2. The van der Waals surface area contributed by atoms with Gasteiger partial charge in [0.25, 0.3) is 0 Å². The Bertz CT molecular complexity index is 1720. The van der Waals surface area contributed by atoms with Gasteiger partial charge in [0.15, 0.2) is 12.2 Å². The lowest BCUT2D eigenvalue weighted by atomic mass is 9.99. The molecule has 3 N–H and O–H groups in total. The fraction of sp³-hybridized carbons (Fsp3) is 0.943. The largest absolute Gasteiger partial charge is 0.472 e. The van der Waals surface area contributed by atoms with E-state index in [2.05, 4.69) is 34.6 Å². The van der Waals surface area contributed by atoms with Gasteiger partial charge in [-0.05, 0) is 31.6 Å². The van der Waals surface area contributed by atoms with Crippen molar-refractivity contribution in [3.8, 4) is 0 Å². The number of hydrogen-bond donors (Lipinski definition) is 3. The zero-order chi connectivity index (χ0) is 65.6. The molecular formula is C70H136O17P2. The van der Waals surface area contributed by atoms with E-state index in [1.165, 1.54) is 173 Å².